The van der Waals surface area contributed by atoms with Gasteiger partial charge in [-0.05, 0) is 12.0 Å². The Hall–Kier alpha value is -1.81. The molecule has 9 heteroatoms. The third kappa shape index (κ3) is 3.94. The first-order chi connectivity index (χ1) is 10.8. The quantitative estimate of drug-likeness (QED) is 0.533. The molecule has 9 nitrogen and oxygen atoms in total. The molecule has 1 amide bonds. The lowest BCUT2D eigenvalue weighted by Gasteiger charge is -2.16. The summed E-state index contributed by atoms with van der Waals surface area (Å²) in [4.78, 5) is 27.7. The zero-order chi connectivity index (χ0) is 17.1. The van der Waals surface area contributed by atoms with Gasteiger partial charge in [0.2, 0.25) is 5.91 Å². The molecule has 0 unspecified atom stereocenters. The largest absolute Gasteiger partial charge is 0.394 e. The average molecular weight is 326 g/mol. The summed E-state index contributed by atoms with van der Waals surface area (Å²) in [6.45, 7) is 3.30. The van der Waals surface area contributed by atoms with Gasteiger partial charge in [0.1, 0.15) is 18.1 Å². The molecular weight excluding hydrogens is 304 g/mol. The van der Waals surface area contributed by atoms with Gasteiger partial charge in [0.05, 0.1) is 18.8 Å². The summed E-state index contributed by atoms with van der Waals surface area (Å²) in [6.07, 6.45) is -0.680. The van der Waals surface area contributed by atoms with Crippen LogP contribution in [0, 0.1) is 5.92 Å². The van der Waals surface area contributed by atoms with Crippen molar-refractivity contribution >= 4 is 11.7 Å². The first-order valence-electron chi connectivity index (χ1n) is 7.43. The number of anilines is 1. The summed E-state index contributed by atoms with van der Waals surface area (Å²) < 4.78 is 6.60. The van der Waals surface area contributed by atoms with Gasteiger partial charge >= 0.3 is 5.69 Å². The number of aromatic nitrogens is 2. The number of aliphatic hydroxyl groups excluding tert-OH is 2. The molecule has 1 saturated heterocycles. The van der Waals surface area contributed by atoms with Crippen LogP contribution in [0.4, 0.5) is 5.82 Å². The molecule has 0 aliphatic carbocycles. The van der Waals surface area contributed by atoms with E-state index >= 15 is 0 Å². The molecule has 23 heavy (non-hydrogen) atoms. The summed E-state index contributed by atoms with van der Waals surface area (Å²) in [7, 11) is 0. The number of carbonyl (C=O) groups is 1. The summed E-state index contributed by atoms with van der Waals surface area (Å²) in [5.41, 5.74) is 5.10. The molecule has 1 aromatic rings. The molecule has 2 rings (SSSR count). The summed E-state index contributed by atoms with van der Waals surface area (Å²) in [5, 5.41) is 21.3. The Balaban J connectivity index is 2.10. The number of nitrogens with one attached hydrogen (secondary N) is 1. The van der Waals surface area contributed by atoms with E-state index in [1.54, 1.807) is 0 Å². The Morgan fingerprint density at radius 3 is 2.83 bits per heavy atom. The van der Waals surface area contributed by atoms with Gasteiger partial charge in [-0.15, -0.1) is 0 Å². The summed E-state index contributed by atoms with van der Waals surface area (Å²) in [6, 6.07) is 0.756. The van der Waals surface area contributed by atoms with Crippen molar-refractivity contribution in [1.82, 2.24) is 9.55 Å². The Morgan fingerprint density at radius 1 is 1.61 bits per heavy atom. The zero-order valence-electron chi connectivity index (χ0n) is 13.0. The average Bonchev–Trinajstić information content (AvgIpc) is 2.87. The van der Waals surface area contributed by atoms with Gasteiger partial charge in [0.15, 0.2) is 0 Å². The topological polar surface area (TPSA) is 140 Å². The first-order valence-corrected chi connectivity index (χ1v) is 7.43. The summed E-state index contributed by atoms with van der Waals surface area (Å²) >= 11 is 0. The monoisotopic (exact) mass is 326 g/mol. The second-order valence-electron chi connectivity index (χ2n) is 5.88. The van der Waals surface area contributed by atoms with E-state index in [1.165, 1.54) is 16.8 Å². The van der Waals surface area contributed by atoms with Gasteiger partial charge in [-0.3, -0.25) is 9.36 Å². The van der Waals surface area contributed by atoms with E-state index in [4.69, 9.17) is 15.6 Å². The van der Waals surface area contributed by atoms with Crippen molar-refractivity contribution in [3.63, 3.8) is 0 Å². The first kappa shape index (κ1) is 17.5. The fraction of sp³-hybridized carbons (Fsp3) is 0.643. The SMILES string of the molecule is CC(C)[C@H](N)C(=O)Nc1ccn([C@H]2C[C@H](O)[C@@H](CO)O2)c(=O)n1. The molecule has 128 valence electrons. The van der Waals surface area contributed by atoms with Crippen LogP contribution in [0.3, 0.4) is 0 Å². The normalized spacial score (nSPS) is 25.6. The lowest BCUT2D eigenvalue weighted by molar-refractivity contribution is -0.118. The minimum Gasteiger partial charge on any atom is -0.394 e. The Morgan fingerprint density at radius 2 is 2.30 bits per heavy atom. The van der Waals surface area contributed by atoms with Crippen molar-refractivity contribution in [3.8, 4) is 0 Å². The van der Waals surface area contributed by atoms with Crippen LogP contribution in [-0.4, -0.2) is 50.5 Å². The molecule has 1 aliphatic rings. The molecule has 1 fully saturated rings. The van der Waals surface area contributed by atoms with Crippen LogP contribution in [0.1, 0.15) is 26.5 Å². The van der Waals surface area contributed by atoms with Gasteiger partial charge in [-0.1, -0.05) is 13.8 Å². The zero-order valence-corrected chi connectivity index (χ0v) is 13.0. The van der Waals surface area contributed by atoms with E-state index in [9.17, 15) is 14.7 Å². The van der Waals surface area contributed by atoms with Crippen molar-refractivity contribution in [3.05, 3.63) is 22.7 Å². The second kappa shape index (κ2) is 7.18. The van der Waals surface area contributed by atoms with Gasteiger partial charge in [-0.25, -0.2) is 4.79 Å². The number of hydrogen-bond acceptors (Lipinski definition) is 7. The number of hydrogen-bond donors (Lipinski definition) is 4. The standard InChI is InChI=1S/C14H22N4O5/c1-7(2)12(15)13(21)16-10-3-4-18(14(22)17-10)11-5-8(20)9(6-19)23-11/h3-4,7-9,11-12,19-20H,5-6,15H2,1-2H3,(H,16,17,21,22)/t8-,9+,11+,12-/m0/s1. The highest BCUT2D eigenvalue weighted by atomic mass is 16.5. The number of aliphatic hydroxyl groups is 2. The minimum absolute atomic E-state index is 0.0424. The van der Waals surface area contributed by atoms with E-state index in [2.05, 4.69) is 10.3 Å². The van der Waals surface area contributed by atoms with Gasteiger partial charge in [0, 0.05) is 12.6 Å². The molecule has 0 saturated carbocycles. The highest BCUT2D eigenvalue weighted by Crippen LogP contribution is 2.27. The lowest BCUT2D eigenvalue weighted by Crippen LogP contribution is -2.40. The Labute approximate surface area is 133 Å². The molecular formula is C14H22N4O5. The minimum atomic E-state index is -0.847. The lowest BCUT2D eigenvalue weighted by atomic mass is 10.1. The molecule has 0 aromatic carbocycles. The van der Waals surface area contributed by atoms with E-state index in [-0.39, 0.29) is 24.8 Å². The highest BCUT2D eigenvalue weighted by Gasteiger charge is 2.35. The molecule has 0 bridgehead atoms. The fourth-order valence-electron chi connectivity index (χ4n) is 2.26. The molecule has 1 aliphatic heterocycles. The summed E-state index contributed by atoms with van der Waals surface area (Å²) in [5.74, 6) is -0.360. The molecule has 2 heterocycles. The number of amides is 1. The van der Waals surface area contributed by atoms with E-state index in [0.29, 0.717) is 0 Å². The number of rotatable bonds is 5. The van der Waals surface area contributed by atoms with Crippen molar-refractivity contribution in [2.75, 3.05) is 11.9 Å². The third-order valence-electron chi connectivity index (χ3n) is 3.80. The molecule has 4 atom stereocenters. The number of nitrogens with zero attached hydrogens (tertiary/aromatic N) is 2. The predicted molar refractivity (Wildman–Crippen MR) is 81.6 cm³/mol. The maximum absolute atomic E-state index is 12.1. The molecule has 0 spiro atoms. The van der Waals surface area contributed by atoms with Crippen LogP contribution in [-0.2, 0) is 9.53 Å². The molecule has 1 aromatic heterocycles. The Kier molecular flexibility index (Phi) is 5.47. The van der Waals surface area contributed by atoms with Crippen molar-refractivity contribution in [2.24, 2.45) is 11.7 Å². The number of carbonyl (C=O) groups excluding carboxylic acids is 1. The van der Waals surface area contributed by atoms with Crippen molar-refractivity contribution < 1.29 is 19.7 Å². The van der Waals surface area contributed by atoms with Crippen LogP contribution < -0.4 is 16.7 Å². The van der Waals surface area contributed by atoms with Crippen molar-refractivity contribution in [2.45, 2.75) is 44.7 Å². The van der Waals surface area contributed by atoms with Crippen LogP contribution in [0.2, 0.25) is 0 Å². The number of ether oxygens (including phenoxy) is 1. The second-order valence-corrected chi connectivity index (χ2v) is 5.88. The maximum atomic E-state index is 12.1. The van der Waals surface area contributed by atoms with E-state index in [0.717, 1.165) is 0 Å². The number of nitrogens with two attached hydrogens (primary N) is 1. The van der Waals surface area contributed by atoms with Gasteiger partial charge in [0.25, 0.3) is 0 Å². The fourth-order valence-corrected chi connectivity index (χ4v) is 2.26. The van der Waals surface area contributed by atoms with Gasteiger partial charge < -0.3 is 26.0 Å². The van der Waals surface area contributed by atoms with Crippen LogP contribution in [0.25, 0.3) is 0 Å². The predicted octanol–water partition coefficient (Wildman–Crippen LogP) is -1.19. The van der Waals surface area contributed by atoms with Crippen LogP contribution in [0.15, 0.2) is 17.1 Å². The molecule has 0 radical (unpaired) electrons. The molecule has 5 N–H and O–H groups in total. The van der Waals surface area contributed by atoms with E-state index < -0.39 is 36.1 Å². The highest BCUT2D eigenvalue weighted by molar-refractivity contribution is 5.93. The van der Waals surface area contributed by atoms with Crippen LogP contribution in [0.5, 0.6) is 0 Å². The van der Waals surface area contributed by atoms with Crippen LogP contribution >= 0.6 is 0 Å². The Bertz CT molecular complexity index is 617. The smallest absolute Gasteiger partial charge is 0.351 e. The van der Waals surface area contributed by atoms with E-state index in [1.807, 2.05) is 13.8 Å². The van der Waals surface area contributed by atoms with Gasteiger partial charge in [-0.2, -0.15) is 4.98 Å². The third-order valence-corrected chi connectivity index (χ3v) is 3.80. The maximum Gasteiger partial charge on any atom is 0.351 e. The van der Waals surface area contributed by atoms with Crippen molar-refractivity contribution in [1.29, 1.82) is 0 Å².